The number of aromatic nitrogens is 4. The quantitative estimate of drug-likeness (QED) is 0.731. The zero-order valence-corrected chi connectivity index (χ0v) is 13.2. The van der Waals surface area contributed by atoms with Crippen molar-refractivity contribution in [3.63, 3.8) is 0 Å². The van der Waals surface area contributed by atoms with Gasteiger partial charge in [-0.1, -0.05) is 0 Å². The lowest BCUT2D eigenvalue weighted by molar-refractivity contribution is 0.0384. The molecule has 1 aromatic carbocycles. The van der Waals surface area contributed by atoms with E-state index in [0.717, 1.165) is 56.1 Å². The Bertz CT molecular complexity index is 827. The molecule has 6 nitrogen and oxygen atoms in total. The smallest absolute Gasteiger partial charge is 0.252 e. The first-order valence-corrected chi connectivity index (χ1v) is 8.05. The van der Waals surface area contributed by atoms with Crippen molar-refractivity contribution in [2.45, 2.75) is 6.42 Å². The van der Waals surface area contributed by atoms with Crippen molar-refractivity contribution in [3.05, 3.63) is 48.2 Å². The van der Waals surface area contributed by atoms with Crippen LogP contribution in [0, 0.1) is 5.82 Å². The Labute approximate surface area is 138 Å². The Morgan fingerprint density at radius 2 is 1.92 bits per heavy atom. The van der Waals surface area contributed by atoms with Crippen molar-refractivity contribution in [3.8, 4) is 11.3 Å². The van der Waals surface area contributed by atoms with E-state index in [0.29, 0.717) is 5.78 Å². The van der Waals surface area contributed by atoms with E-state index in [2.05, 4.69) is 20.0 Å². The molecule has 124 valence electrons. The summed E-state index contributed by atoms with van der Waals surface area (Å²) >= 11 is 0. The molecule has 1 aliphatic heterocycles. The second kappa shape index (κ2) is 6.62. The lowest BCUT2D eigenvalue weighted by atomic mass is 10.0. The monoisotopic (exact) mass is 327 g/mol. The third kappa shape index (κ3) is 3.13. The number of halogens is 1. The van der Waals surface area contributed by atoms with E-state index >= 15 is 0 Å². The van der Waals surface area contributed by atoms with Crippen LogP contribution in [0.15, 0.2) is 36.8 Å². The van der Waals surface area contributed by atoms with Crippen LogP contribution in [0.1, 0.15) is 5.56 Å². The lowest BCUT2D eigenvalue weighted by Gasteiger charge is -2.26. The summed E-state index contributed by atoms with van der Waals surface area (Å²) in [6, 6.07) is 6.42. The average molecular weight is 327 g/mol. The molecule has 24 heavy (non-hydrogen) atoms. The first-order valence-electron chi connectivity index (χ1n) is 8.05. The van der Waals surface area contributed by atoms with Crippen LogP contribution in [0.2, 0.25) is 0 Å². The number of hydrogen-bond acceptors (Lipinski definition) is 5. The number of fused-ring (bicyclic) bond motifs is 1. The van der Waals surface area contributed by atoms with E-state index in [-0.39, 0.29) is 5.82 Å². The molecule has 4 rings (SSSR count). The SMILES string of the molecule is Fc1ccc(-c2nc3ncnn3cc2CCN2CCOCC2)cc1. The molecule has 0 amide bonds. The maximum Gasteiger partial charge on any atom is 0.252 e. The first kappa shape index (κ1) is 15.2. The minimum Gasteiger partial charge on any atom is -0.379 e. The fourth-order valence-corrected chi connectivity index (χ4v) is 2.94. The highest BCUT2D eigenvalue weighted by molar-refractivity contribution is 5.64. The molecule has 0 aliphatic carbocycles. The van der Waals surface area contributed by atoms with Gasteiger partial charge in [0.15, 0.2) is 0 Å². The van der Waals surface area contributed by atoms with E-state index in [1.54, 1.807) is 16.6 Å². The molecule has 1 aliphatic rings. The summed E-state index contributed by atoms with van der Waals surface area (Å²) in [6.45, 7) is 4.39. The topological polar surface area (TPSA) is 55.5 Å². The molecule has 1 fully saturated rings. The number of benzene rings is 1. The van der Waals surface area contributed by atoms with Crippen LogP contribution in [-0.4, -0.2) is 57.3 Å². The number of hydrogen-bond donors (Lipinski definition) is 0. The van der Waals surface area contributed by atoms with E-state index in [1.165, 1.54) is 18.5 Å². The molecule has 0 atom stereocenters. The van der Waals surface area contributed by atoms with Gasteiger partial charge in [0.05, 0.1) is 18.9 Å². The van der Waals surface area contributed by atoms with Gasteiger partial charge in [-0.05, 0) is 36.2 Å². The molecule has 0 spiro atoms. The van der Waals surface area contributed by atoms with Gasteiger partial charge in [-0.3, -0.25) is 4.90 Å². The fourth-order valence-electron chi connectivity index (χ4n) is 2.94. The van der Waals surface area contributed by atoms with Crippen LogP contribution in [0.4, 0.5) is 4.39 Å². The zero-order valence-electron chi connectivity index (χ0n) is 13.2. The van der Waals surface area contributed by atoms with Gasteiger partial charge in [0.2, 0.25) is 0 Å². The average Bonchev–Trinajstić information content (AvgIpc) is 3.08. The predicted octanol–water partition coefficient (Wildman–Crippen LogP) is 1.81. The summed E-state index contributed by atoms with van der Waals surface area (Å²) in [5.74, 6) is 0.293. The number of rotatable bonds is 4. The Morgan fingerprint density at radius 3 is 2.71 bits per heavy atom. The van der Waals surface area contributed by atoms with Crippen molar-refractivity contribution in [1.29, 1.82) is 0 Å². The van der Waals surface area contributed by atoms with Gasteiger partial charge in [0.25, 0.3) is 5.78 Å². The van der Waals surface area contributed by atoms with Gasteiger partial charge in [-0.25, -0.2) is 13.9 Å². The van der Waals surface area contributed by atoms with Gasteiger partial charge >= 0.3 is 0 Å². The Hall–Kier alpha value is -2.38. The van der Waals surface area contributed by atoms with Crippen molar-refractivity contribution < 1.29 is 9.13 Å². The summed E-state index contributed by atoms with van der Waals surface area (Å²) < 4.78 is 20.3. The maximum atomic E-state index is 13.2. The van der Waals surface area contributed by atoms with E-state index < -0.39 is 0 Å². The number of morpholine rings is 1. The Balaban J connectivity index is 1.66. The van der Waals surface area contributed by atoms with Gasteiger partial charge in [0.1, 0.15) is 12.1 Å². The standard InChI is InChI=1S/C17H18FN5O/c18-15-3-1-13(2-4-15)16-14(5-6-22-7-9-24-10-8-22)11-23-17(21-16)19-12-20-23/h1-4,11-12H,5-10H2. The van der Waals surface area contributed by atoms with Crippen LogP contribution >= 0.6 is 0 Å². The summed E-state index contributed by atoms with van der Waals surface area (Å²) in [6.07, 6.45) is 4.30. The van der Waals surface area contributed by atoms with Crippen LogP contribution in [0.25, 0.3) is 17.0 Å². The summed E-state index contributed by atoms with van der Waals surface area (Å²) in [5, 5.41) is 4.17. The molecular formula is C17H18FN5O. The lowest BCUT2D eigenvalue weighted by Crippen LogP contribution is -2.37. The highest BCUT2D eigenvalue weighted by Crippen LogP contribution is 2.23. The van der Waals surface area contributed by atoms with Gasteiger partial charge in [-0.15, -0.1) is 0 Å². The molecule has 1 saturated heterocycles. The van der Waals surface area contributed by atoms with Crippen molar-refractivity contribution in [2.24, 2.45) is 0 Å². The Morgan fingerprint density at radius 1 is 1.12 bits per heavy atom. The third-order valence-electron chi connectivity index (χ3n) is 4.27. The molecule has 3 aromatic rings. The second-order valence-corrected chi connectivity index (χ2v) is 5.83. The number of ether oxygens (including phenoxy) is 1. The fraction of sp³-hybridized carbons (Fsp3) is 0.353. The van der Waals surface area contributed by atoms with Gasteiger partial charge < -0.3 is 4.74 Å². The van der Waals surface area contributed by atoms with Crippen molar-refractivity contribution in [2.75, 3.05) is 32.8 Å². The first-order chi connectivity index (χ1) is 11.8. The molecule has 0 N–H and O–H groups in total. The normalized spacial score (nSPS) is 15.9. The zero-order chi connectivity index (χ0) is 16.4. The molecule has 0 saturated carbocycles. The van der Waals surface area contributed by atoms with E-state index in [4.69, 9.17) is 4.74 Å². The van der Waals surface area contributed by atoms with Crippen LogP contribution in [0.3, 0.4) is 0 Å². The highest BCUT2D eigenvalue weighted by Gasteiger charge is 2.14. The van der Waals surface area contributed by atoms with Gasteiger partial charge in [0, 0.05) is 31.4 Å². The van der Waals surface area contributed by atoms with Crippen molar-refractivity contribution >= 4 is 5.78 Å². The van der Waals surface area contributed by atoms with Gasteiger partial charge in [-0.2, -0.15) is 10.1 Å². The molecule has 0 radical (unpaired) electrons. The molecule has 3 heterocycles. The molecular weight excluding hydrogens is 309 g/mol. The summed E-state index contributed by atoms with van der Waals surface area (Å²) in [7, 11) is 0. The van der Waals surface area contributed by atoms with Crippen LogP contribution in [0.5, 0.6) is 0 Å². The summed E-state index contributed by atoms with van der Waals surface area (Å²) in [4.78, 5) is 11.2. The Kier molecular flexibility index (Phi) is 4.18. The third-order valence-corrected chi connectivity index (χ3v) is 4.27. The second-order valence-electron chi connectivity index (χ2n) is 5.83. The summed E-state index contributed by atoms with van der Waals surface area (Å²) in [5.41, 5.74) is 2.80. The maximum absolute atomic E-state index is 13.2. The number of nitrogens with zero attached hydrogens (tertiary/aromatic N) is 5. The predicted molar refractivity (Wildman–Crippen MR) is 87.1 cm³/mol. The molecule has 2 aromatic heterocycles. The van der Waals surface area contributed by atoms with Crippen LogP contribution in [-0.2, 0) is 11.2 Å². The molecule has 0 bridgehead atoms. The van der Waals surface area contributed by atoms with E-state index in [1.807, 2.05) is 6.20 Å². The van der Waals surface area contributed by atoms with Crippen molar-refractivity contribution in [1.82, 2.24) is 24.5 Å². The largest absolute Gasteiger partial charge is 0.379 e. The van der Waals surface area contributed by atoms with E-state index in [9.17, 15) is 4.39 Å². The molecule has 0 unspecified atom stereocenters. The minimum absolute atomic E-state index is 0.253. The minimum atomic E-state index is -0.253. The highest BCUT2D eigenvalue weighted by atomic mass is 19.1. The molecule has 7 heteroatoms. The van der Waals surface area contributed by atoms with Crippen LogP contribution < -0.4 is 0 Å².